The number of anilines is 1. The van der Waals surface area contributed by atoms with Crippen LogP contribution in [0.3, 0.4) is 0 Å². The van der Waals surface area contributed by atoms with Gasteiger partial charge in [0.2, 0.25) is 5.91 Å². The molecule has 0 aromatic heterocycles. The molecule has 0 saturated carbocycles. The molecule has 5 heteroatoms. The number of amides is 1. The Bertz CT molecular complexity index is 578. The van der Waals surface area contributed by atoms with Crippen LogP contribution in [0.15, 0.2) is 42.0 Å². The number of carbonyl (C=O) groups excluding carboxylic acids is 1. The highest BCUT2D eigenvalue weighted by Gasteiger charge is 2.02. The summed E-state index contributed by atoms with van der Waals surface area (Å²) in [5.41, 5.74) is 1.18. The number of rotatable bonds is 4. The molecule has 5 nitrogen and oxygen atoms in total. The van der Waals surface area contributed by atoms with E-state index in [-0.39, 0.29) is 11.5 Å². The van der Waals surface area contributed by atoms with Crippen molar-refractivity contribution in [3.63, 3.8) is 0 Å². The number of nitrogens with zero attached hydrogens (tertiary/aromatic N) is 1. The maximum atomic E-state index is 10.8. The lowest BCUT2D eigenvalue weighted by atomic mass is 10.2. The highest BCUT2D eigenvalue weighted by molar-refractivity contribution is 5.91. The summed E-state index contributed by atoms with van der Waals surface area (Å²) in [6.07, 6.45) is 4.38. The van der Waals surface area contributed by atoms with E-state index in [1.807, 2.05) is 0 Å². The normalized spacial score (nSPS) is 11.1. The Morgan fingerprint density at radius 3 is 2.42 bits per heavy atom. The van der Waals surface area contributed by atoms with Crippen LogP contribution in [0.5, 0.6) is 0 Å². The lowest BCUT2D eigenvalue weighted by Gasteiger charge is -2.01. The van der Waals surface area contributed by atoms with Crippen molar-refractivity contribution in [2.45, 2.75) is 6.92 Å². The maximum Gasteiger partial charge on any atom is 0.346 e. The van der Waals surface area contributed by atoms with E-state index in [2.05, 4.69) is 5.32 Å². The molecule has 1 aromatic carbocycles. The summed E-state index contributed by atoms with van der Waals surface area (Å²) in [6.45, 7) is 1.42. The Labute approximate surface area is 110 Å². The molecule has 0 aliphatic heterocycles. The quantitative estimate of drug-likeness (QED) is 0.491. The van der Waals surface area contributed by atoms with Crippen molar-refractivity contribution in [3.05, 3.63) is 47.6 Å². The standard InChI is InChI=1S/C14H12N2O3/c1-10(17)16-13-7-5-11(6-8-13)3-2-4-12(9-15)14(18)19/h2-8H,1H3,(H,16,17)(H,18,19)/b3-2+,12-4+. The van der Waals surface area contributed by atoms with Gasteiger partial charge >= 0.3 is 5.97 Å². The zero-order valence-corrected chi connectivity index (χ0v) is 10.3. The first-order chi connectivity index (χ1) is 9.02. The largest absolute Gasteiger partial charge is 0.477 e. The van der Waals surface area contributed by atoms with Crippen molar-refractivity contribution in [2.75, 3.05) is 5.32 Å². The molecule has 96 valence electrons. The monoisotopic (exact) mass is 256 g/mol. The van der Waals surface area contributed by atoms with Gasteiger partial charge < -0.3 is 10.4 Å². The second-order valence-electron chi connectivity index (χ2n) is 3.66. The van der Waals surface area contributed by atoms with Crippen molar-refractivity contribution >= 4 is 23.6 Å². The first-order valence-corrected chi connectivity index (χ1v) is 5.42. The van der Waals surface area contributed by atoms with Crippen molar-refractivity contribution in [2.24, 2.45) is 0 Å². The van der Waals surface area contributed by atoms with E-state index in [4.69, 9.17) is 10.4 Å². The molecule has 0 spiro atoms. The van der Waals surface area contributed by atoms with E-state index in [0.717, 1.165) is 5.56 Å². The van der Waals surface area contributed by atoms with Gasteiger partial charge in [0, 0.05) is 12.6 Å². The maximum absolute atomic E-state index is 10.8. The first-order valence-electron chi connectivity index (χ1n) is 5.42. The SMILES string of the molecule is CC(=O)Nc1ccc(/C=C/C=C(\C#N)C(=O)O)cc1. The highest BCUT2D eigenvalue weighted by atomic mass is 16.4. The van der Waals surface area contributed by atoms with E-state index in [0.29, 0.717) is 5.69 Å². The highest BCUT2D eigenvalue weighted by Crippen LogP contribution is 2.10. The van der Waals surface area contributed by atoms with Crippen molar-refractivity contribution < 1.29 is 14.7 Å². The van der Waals surface area contributed by atoms with E-state index in [9.17, 15) is 9.59 Å². The molecule has 1 aromatic rings. The molecule has 0 aliphatic rings. The number of nitrogens with one attached hydrogen (secondary N) is 1. The Kier molecular flexibility index (Phi) is 5.05. The van der Waals surface area contributed by atoms with Crippen LogP contribution in [0.1, 0.15) is 12.5 Å². The Morgan fingerprint density at radius 1 is 1.32 bits per heavy atom. The summed E-state index contributed by atoms with van der Waals surface area (Å²) < 4.78 is 0. The van der Waals surface area contributed by atoms with Gasteiger partial charge in [-0.05, 0) is 23.8 Å². The van der Waals surface area contributed by atoms with Crippen LogP contribution in [0.4, 0.5) is 5.69 Å². The molecule has 1 rings (SSSR count). The molecule has 0 fully saturated rings. The first kappa shape index (κ1) is 14.2. The summed E-state index contributed by atoms with van der Waals surface area (Å²) in [4.78, 5) is 21.4. The van der Waals surface area contributed by atoms with Gasteiger partial charge in [-0.3, -0.25) is 4.79 Å². The van der Waals surface area contributed by atoms with Gasteiger partial charge in [-0.1, -0.05) is 24.3 Å². The molecule has 0 unspecified atom stereocenters. The summed E-state index contributed by atoms with van der Waals surface area (Å²) in [6, 6.07) is 8.57. The third kappa shape index (κ3) is 4.88. The van der Waals surface area contributed by atoms with E-state index in [1.165, 1.54) is 19.1 Å². The van der Waals surface area contributed by atoms with Crippen LogP contribution in [0.2, 0.25) is 0 Å². The molecule has 0 bridgehead atoms. The smallest absolute Gasteiger partial charge is 0.346 e. The molecule has 0 heterocycles. The van der Waals surface area contributed by atoms with Crippen LogP contribution in [0.25, 0.3) is 6.08 Å². The summed E-state index contributed by atoms with van der Waals surface area (Å²) >= 11 is 0. The van der Waals surface area contributed by atoms with E-state index < -0.39 is 5.97 Å². The van der Waals surface area contributed by atoms with E-state index >= 15 is 0 Å². The molecule has 1 amide bonds. The molecular weight excluding hydrogens is 244 g/mol. The van der Waals surface area contributed by atoms with Crippen molar-refractivity contribution in [3.8, 4) is 6.07 Å². The zero-order chi connectivity index (χ0) is 14.3. The third-order valence-electron chi connectivity index (χ3n) is 2.13. The van der Waals surface area contributed by atoms with Crippen LogP contribution in [0, 0.1) is 11.3 Å². The Hall–Kier alpha value is -2.87. The molecule has 19 heavy (non-hydrogen) atoms. The van der Waals surface area contributed by atoms with Crippen LogP contribution in [-0.4, -0.2) is 17.0 Å². The molecule has 0 aliphatic carbocycles. The minimum absolute atomic E-state index is 0.147. The number of benzene rings is 1. The van der Waals surface area contributed by atoms with Crippen molar-refractivity contribution in [1.82, 2.24) is 0 Å². The minimum atomic E-state index is -1.26. The van der Waals surface area contributed by atoms with Gasteiger partial charge in [0.05, 0.1) is 0 Å². The Balaban J connectivity index is 2.76. The zero-order valence-electron chi connectivity index (χ0n) is 10.3. The number of allylic oxidation sites excluding steroid dienone is 2. The number of carboxylic acid groups (broad SMARTS) is 1. The van der Waals surface area contributed by atoms with Gasteiger partial charge in [0.1, 0.15) is 11.6 Å². The van der Waals surface area contributed by atoms with Crippen LogP contribution in [-0.2, 0) is 9.59 Å². The second kappa shape index (κ2) is 6.77. The van der Waals surface area contributed by atoms with Crippen LogP contribution >= 0.6 is 0 Å². The topological polar surface area (TPSA) is 90.2 Å². The van der Waals surface area contributed by atoms with Gasteiger partial charge in [-0.2, -0.15) is 5.26 Å². The Morgan fingerprint density at radius 2 is 1.95 bits per heavy atom. The lowest BCUT2D eigenvalue weighted by Crippen LogP contribution is -2.05. The average molecular weight is 256 g/mol. The predicted octanol–water partition coefficient (Wildman–Crippen LogP) is 2.19. The molecule has 0 atom stereocenters. The number of aliphatic carboxylic acids is 1. The fourth-order valence-electron chi connectivity index (χ4n) is 1.29. The minimum Gasteiger partial charge on any atom is -0.477 e. The second-order valence-corrected chi connectivity index (χ2v) is 3.66. The van der Waals surface area contributed by atoms with Gasteiger partial charge in [0.15, 0.2) is 0 Å². The summed E-state index contributed by atoms with van der Waals surface area (Å²) in [5.74, 6) is -1.40. The van der Waals surface area contributed by atoms with Crippen LogP contribution < -0.4 is 5.32 Å². The third-order valence-corrected chi connectivity index (χ3v) is 2.13. The number of hydrogen-bond donors (Lipinski definition) is 2. The van der Waals surface area contributed by atoms with Crippen molar-refractivity contribution in [1.29, 1.82) is 5.26 Å². The fourth-order valence-corrected chi connectivity index (χ4v) is 1.29. The number of nitriles is 1. The molecule has 0 saturated heterocycles. The van der Waals surface area contributed by atoms with Gasteiger partial charge in [0.25, 0.3) is 0 Å². The fraction of sp³-hybridized carbons (Fsp3) is 0.0714. The number of carbonyl (C=O) groups is 2. The predicted molar refractivity (Wildman–Crippen MR) is 71.1 cm³/mol. The number of hydrogen-bond acceptors (Lipinski definition) is 3. The molecule has 0 radical (unpaired) electrons. The van der Waals surface area contributed by atoms with Gasteiger partial charge in [-0.15, -0.1) is 0 Å². The molecular formula is C14H12N2O3. The molecule has 2 N–H and O–H groups in total. The van der Waals surface area contributed by atoms with E-state index in [1.54, 1.807) is 36.4 Å². The lowest BCUT2D eigenvalue weighted by molar-refractivity contribution is -0.132. The average Bonchev–Trinajstić information content (AvgIpc) is 2.35. The summed E-state index contributed by atoms with van der Waals surface area (Å²) in [7, 11) is 0. The van der Waals surface area contributed by atoms with Gasteiger partial charge in [-0.25, -0.2) is 4.79 Å². The number of carboxylic acids is 1. The summed E-state index contributed by atoms with van der Waals surface area (Å²) in [5, 5.41) is 19.8.